The summed E-state index contributed by atoms with van der Waals surface area (Å²) in [6.45, 7) is -0.587. The molecule has 4 aliphatic rings. The van der Waals surface area contributed by atoms with Crippen LogP contribution < -0.4 is 0 Å². The summed E-state index contributed by atoms with van der Waals surface area (Å²) in [5, 5.41) is 0. The van der Waals surface area contributed by atoms with E-state index in [0.717, 1.165) is 30.8 Å². The summed E-state index contributed by atoms with van der Waals surface area (Å²) in [5.41, 5.74) is -0.440. The molecule has 1 heterocycles. The van der Waals surface area contributed by atoms with Crippen molar-refractivity contribution in [2.45, 2.75) is 57.5 Å². The molecule has 5 rings (SSSR count). The minimum absolute atomic E-state index is 0.226. The molecule has 4 fully saturated rings. The van der Waals surface area contributed by atoms with Crippen molar-refractivity contribution in [1.29, 1.82) is 0 Å². The Bertz CT molecular complexity index is 727. The Morgan fingerprint density at radius 3 is 2.33 bits per heavy atom. The summed E-state index contributed by atoms with van der Waals surface area (Å²) in [7, 11) is 0. The maximum absolute atomic E-state index is 13.1. The smallest absolute Gasteiger partial charge is 0.419 e. The molecular formula is C21H28F2N2O5. The van der Waals surface area contributed by atoms with Gasteiger partial charge >= 0.3 is 12.1 Å². The Labute approximate surface area is 174 Å². The standard InChI is InChI=1S/C21H28F2N2O5/c1-20(22,23)12-28-10-17(30-19(27)25-3-2-24-13-25)11-29-18(26)21-7-14-4-15(8-21)6-16(5-14)9-21/h2-3,13-17H,4-12H2,1H3. The van der Waals surface area contributed by atoms with Crippen molar-refractivity contribution in [1.82, 2.24) is 9.55 Å². The average molecular weight is 426 g/mol. The van der Waals surface area contributed by atoms with Crippen LogP contribution in [-0.4, -0.2) is 53.5 Å². The minimum atomic E-state index is -3.01. The molecule has 1 unspecified atom stereocenters. The van der Waals surface area contributed by atoms with Gasteiger partial charge in [0.25, 0.3) is 5.92 Å². The number of carbonyl (C=O) groups is 2. The number of imidazole rings is 1. The molecule has 7 nitrogen and oxygen atoms in total. The second-order valence-electron chi connectivity index (χ2n) is 9.36. The van der Waals surface area contributed by atoms with Crippen molar-refractivity contribution >= 4 is 12.1 Å². The Kier molecular flexibility index (Phi) is 5.83. The lowest BCUT2D eigenvalue weighted by molar-refractivity contribution is -0.175. The highest BCUT2D eigenvalue weighted by molar-refractivity contribution is 5.77. The molecule has 0 aromatic carbocycles. The molecule has 4 saturated carbocycles. The van der Waals surface area contributed by atoms with Gasteiger partial charge in [0.1, 0.15) is 19.5 Å². The number of aromatic nitrogens is 2. The first-order valence-corrected chi connectivity index (χ1v) is 10.5. The third kappa shape index (κ3) is 4.82. The molecule has 166 valence electrons. The Hall–Kier alpha value is -2.03. The number of alkyl halides is 2. The highest BCUT2D eigenvalue weighted by atomic mass is 19.3. The molecule has 1 aromatic heterocycles. The molecule has 30 heavy (non-hydrogen) atoms. The van der Waals surface area contributed by atoms with Gasteiger partial charge < -0.3 is 14.2 Å². The Morgan fingerprint density at radius 1 is 1.17 bits per heavy atom. The van der Waals surface area contributed by atoms with E-state index < -0.39 is 30.1 Å². The van der Waals surface area contributed by atoms with Gasteiger partial charge in [0.2, 0.25) is 0 Å². The van der Waals surface area contributed by atoms with Crippen LogP contribution in [0.5, 0.6) is 0 Å². The van der Waals surface area contributed by atoms with Crippen molar-refractivity contribution in [2.24, 2.45) is 23.2 Å². The zero-order valence-corrected chi connectivity index (χ0v) is 17.1. The molecule has 0 N–H and O–H groups in total. The first-order valence-electron chi connectivity index (χ1n) is 10.5. The topological polar surface area (TPSA) is 79.7 Å². The average Bonchev–Trinajstić information content (AvgIpc) is 3.18. The van der Waals surface area contributed by atoms with Crippen molar-refractivity contribution in [2.75, 3.05) is 19.8 Å². The van der Waals surface area contributed by atoms with Crippen LogP contribution in [0.2, 0.25) is 0 Å². The second-order valence-corrected chi connectivity index (χ2v) is 9.36. The lowest BCUT2D eigenvalue weighted by atomic mass is 9.49. The van der Waals surface area contributed by atoms with Crippen molar-refractivity contribution in [3.05, 3.63) is 18.7 Å². The second kappa shape index (κ2) is 8.24. The normalized spacial score (nSPS) is 30.8. The Morgan fingerprint density at radius 2 is 1.80 bits per heavy atom. The van der Waals surface area contributed by atoms with E-state index in [0.29, 0.717) is 17.8 Å². The van der Waals surface area contributed by atoms with Gasteiger partial charge in [-0.25, -0.2) is 23.1 Å². The predicted octanol–water partition coefficient (Wildman–Crippen LogP) is 3.67. The van der Waals surface area contributed by atoms with Crippen LogP contribution in [0.3, 0.4) is 0 Å². The Balaban J connectivity index is 1.35. The number of halogens is 2. The number of esters is 1. The molecule has 4 aliphatic carbocycles. The summed E-state index contributed by atoms with van der Waals surface area (Å²) in [4.78, 5) is 29.0. The first kappa shape index (κ1) is 21.2. The predicted molar refractivity (Wildman–Crippen MR) is 101 cm³/mol. The number of ether oxygens (including phenoxy) is 3. The van der Waals surface area contributed by atoms with Crippen LogP contribution >= 0.6 is 0 Å². The molecule has 4 bridgehead atoms. The largest absolute Gasteiger partial charge is 0.461 e. The molecule has 0 saturated heterocycles. The fourth-order valence-electron chi connectivity index (χ4n) is 5.74. The van der Waals surface area contributed by atoms with Gasteiger partial charge in [-0.05, 0) is 56.3 Å². The van der Waals surface area contributed by atoms with E-state index in [9.17, 15) is 18.4 Å². The van der Waals surface area contributed by atoms with Crippen LogP contribution in [0.4, 0.5) is 13.6 Å². The van der Waals surface area contributed by atoms with E-state index in [-0.39, 0.29) is 19.2 Å². The quantitative estimate of drug-likeness (QED) is 0.590. The van der Waals surface area contributed by atoms with Gasteiger partial charge in [0.05, 0.1) is 12.0 Å². The third-order valence-corrected chi connectivity index (χ3v) is 6.51. The van der Waals surface area contributed by atoms with E-state index in [1.54, 1.807) is 0 Å². The van der Waals surface area contributed by atoms with Crippen LogP contribution in [-0.2, 0) is 19.0 Å². The lowest BCUT2D eigenvalue weighted by Gasteiger charge is -2.55. The first-order chi connectivity index (χ1) is 14.2. The fraction of sp³-hybridized carbons (Fsp3) is 0.762. The van der Waals surface area contributed by atoms with Crippen LogP contribution in [0.15, 0.2) is 18.7 Å². The van der Waals surface area contributed by atoms with E-state index in [1.807, 2.05) is 0 Å². The third-order valence-electron chi connectivity index (χ3n) is 6.51. The van der Waals surface area contributed by atoms with Crippen LogP contribution in [0.1, 0.15) is 45.4 Å². The van der Waals surface area contributed by atoms with Gasteiger partial charge in [-0.1, -0.05) is 0 Å². The molecule has 0 spiro atoms. The maximum atomic E-state index is 13.1. The molecule has 0 aliphatic heterocycles. The summed E-state index contributed by atoms with van der Waals surface area (Å²) in [6, 6.07) is 0. The molecule has 0 amide bonds. The van der Waals surface area contributed by atoms with Gasteiger partial charge in [-0.15, -0.1) is 0 Å². The number of nitrogens with zero attached hydrogens (tertiary/aromatic N) is 2. The van der Waals surface area contributed by atoms with Gasteiger partial charge in [0, 0.05) is 19.3 Å². The molecule has 1 aromatic rings. The van der Waals surface area contributed by atoms with Gasteiger partial charge in [-0.2, -0.15) is 0 Å². The molecule has 0 radical (unpaired) electrons. The van der Waals surface area contributed by atoms with Crippen LogP contribution in [0.25, 0.3) is 0 Å². The van der Waals surface area contributed by atoms with Crippen molar-refractivity contribution < 1.29 is 32.6 Å². The fourth-order valence-corrected chi connectivity index (χ4v) is 5.74. The zero-order valence-electron chi connectivity index (χ0n) is 17.1. The summed E-state index contributed by atoms with van der Waals surface area (Å²) in [5.74, 6) is -1.49. The van der Waals surface area contributed by atoms with E-state index in [1.165, 1.54) is 38.0 Å². The maximum Gasteiger partial charge on any atom is 0.419 e. The number of carbonyl (C=O) groups excluding carboxylic acids is 2. The monoisotopic (exact) mass is 426 g/mol. The zero-order chi connectivity index (χ0) is 21.4. The summed E-state index contributed by atoms with van der Waals surface area (Å²) >= 11 is 0. The van der Waals surface area contributed by atoms with Gasteiger partial charge in [0.15, 0.2) is 6.10 Å². The van der Waals surface area contributed by atoms with E-state index in [4.69, 9.17) is 14.2 Å². The number of hydrogen-bond acceptors (Lipinski definition) is 6. The number of rotatable bonds is 8. The molecular weight excluding hydrogens is 398 g/mol. The minimum Gasteiger partial charge on any atom is -0.461 e. The highest BCUT2D eigenvalue weighted by Gasteiger charge is 2.55. The summed E-state index contributed by atoms with van der Waals surface area (Å²) in [6.07, 6.45) is 8.54. The van der Waals surface area contributed by atoms with Crippen LogP contribution in [0, 0.1) is 23.2 Å². The van der Waals surface area contributed by atoms with Crippen molar-refractivity contribution in [3.63, 3.8) is 0 Å². The molecule has 9 heteroatoms. The molecule has 1 atom stereocenters. The lowest BCUT2D eigenvalue weighted by Crippen LogP contribution is -2.51. The van der Waals surface area contributed by atoms with E-state index >= 15 is 0 Å². The SMILES string of the molecule is CC(F)(F)COCC(COC(=O)C12CC3CC(CC(C3)C1)C2)OC(=O)n1ccnc1. The summed E-state index contributed by atoms with van der Waals surface area (Å²) < 4.78 is 43.2. The van der Waals surface area contributed by atoms with Crippen molar-refractivity contribution in [3.8, 4) is 0 Å². The van der Waals surface area contributed by atoms with Gasteiger partial charge in [-0.3, -0.25) is 4.79 Å². The number of hydrogen-bond donors (Lipinski definition) is 0. The highest BCUT2D eigenvalue weighted by Crippen LogP contribution is 2.60. The van der Waals surface area contributed by atoms with E-state index in [2.05, 4.69) is 4.98 Å².